The molecule has 3 aromatic rings. The summed E-state index contributed by atoms with van der Waals surface area (Å²) in [5, 5.41) is 10.1. The van der Waals surface area contributed by atoms with E-state index in [9.17, 15) is 5.26 Å². The number of benzene rings is 2. The van der Waals surface area contributed by atoms with Gasteiger partial charge in [-0.2, -0.15) is 5.26 Å². The maximum Gasteiger partial charge on any atom is 0.149 e. The number of nitrogens with zero attached hydrogens (tertiary/aromatic N) is 2. The van der Waals surface area contributed by atoms with E-state index < -0.39 is 0 Å². The number of imidazole rings is 1. The van der Waals surface area contributed by atoms with E-state index in [-0.39, 0.29) is 0 Å². The molecule has 4 heteroatoms. The summed E-state index contributed by atoms with van der Waals surface area (Å²) in [5.41, 5.74) is 5.53. The van der Waals surface area contributed by atoms with E-state index in [4.69, 9.17) is 11.6 Å². The Morgan fingerprint density at radius 1 is 1.23 bits per heavy atom. The van der Waals surface area contributed by atoms with Gasteiger partial charge in [-0.15, -0.1) is 0 Å². The second-order valence-electron chi connectivity index (χ2n) is 5.26. The first-order chi connectivity index (χ1) is 10.6. The molecular formula is C18H14ClN3. The lowest BCUT2D eigenvalue weighted by atomic mass is 10.1. The van der Waals surface area contributed by atoms with Crippen LogP contribution in [-0.2, 0) is 0 Å². The molecule has 0 atom stereocenters. The lowest BCUT2D eigenvalue weighted by molar-refractivity contribution is 1.27. The zero-order valence-electron chi connectivity index (χ0n) is 12.3. The summed E-state index contributed by atoms with van der Waals surface area (Å²) >= 11 is 5.98. The number of H-pyrrole nitrogens is 1. The molecule has 0 unspecified atom stereocenters. The Bertz CT molecular complexity index is 890. The molecule has 0 fully saturated rings. The Balaban J connectivity index is 2.09. The molecule has 1 N–H and O–H groups in total. The van der Waals surface area contributed by atoms with E-state index in [0.717, 1.165) is 16.6 Å². The van der Waals surface area contributed by atoms with Crippen molar-refractivity contribution < 1.29 is 0 Å². The number of allylic oxidation sites excluding steroid dienone is 1. The van der Waals surface area contributed by atoms with Crippen molar-refractivity contribution in [3.05, 3.63) is 63.9 Å². The second-order valence-corrected chi connectivity index (χ2v) is 5.70. The van der Waals surface area contributed by atoms with Gasteiger partial charge in [-0.1, -0.05) is 23.7 Å². The molecule has 108 valence electrons. The van der Waals surface area contributed by atoms with Crippen molar-refractivity contribution in [3.63, 3.8) is 0 Å². The molecule has 3 rings (SSSR count). The molecule has 0 radical (unpaired) electrons. The van der Waals surface area contributed by atoms with Gasteiger partial charge in [0.25, 0.3) is 0 Å². The molecule has 0 aliphatic rings. The van der Waals surface area contributed by atoms with Gasteiger partial charge in [0.05, 0.1) is 16.6 Å². The lowest BCUT2D eigenvalue weighted by Gasteiger charge is -1.97. The fraction of sp³-hybridized carbons (Fsp3) is 0.111. The third-order valence-corrected chi connectivity index (χ3v) is 3.87. The molecule has 0 saturated carbocycles. The van der Waals surface area contributed by atoms with Crippen molar-refractivity contribution in [1.82, 2.24) is 9.97 Å². The third kappa shape index (κ3) is 2.74. The predicted molar refractivity (Wildman–Crippen MR) is 90.5 cm³/mol. The van der Waals surface area contributed by atoms with Crippen LogP contribution < -0.4 is 0 Å². The first kappa shape index (κ1) is 14.4. The smallest absolute Gasteiger partial charge is 0.149 e. The molecular weight excluding hydrogens is 294 g/mol. The number of aromatic amines is 1. The van der Waals surface area contributed by atoms with Gasteiger partial charge in [-0.3, -0.25) is 0 Å². The SMILES string of the molecule is Cc1cc2nc(C(C#N)=Cc3cccc(Cl)c3)[nH]c2cc1C. The minimum absolute atomic E-state index is 0.480. The normalized spacial score (nSPS) is 11.6. The number of rotatable bonds is 2. The third-order valence-electron chi connectivity index (χ3n) is 3.63. The second kappa shape index (κ2) is 5.67. The van der Waals surface area contributed by atoms with Gasteiger partial charge in [-0.05, 0) is 60.9 Å². The molecule has 3 nitrogen and oxygen atoms in total. The van der Waals surface area contributed by atoms with Crippen LogP contribution in [0.25, 0.3) is 22.7 Å². The van der Waals surface area contributed by atoms with Crippen LogP contribution in [0.5, 0.6) is 0 Å². The van der Waals surface area contributed by atoms with Crippen molar-refractivity contribution >= 4 is 34.3 Å². The van der Waals surface area contributed by atoms with Gasteiger partial charge in [0.1, 0.15) is 11.9 Å². The molecule has 0 aliphatic carbocycles. The van der Waals surface area contributed by atoms with Crippen LogP contribution >= 0.6 is 11.6 Å². The van der Waals surface area contributed by atoms with Gasteiger partial charge in [-0.25, -0.2) is 4.98 Å². The summed E-state index contributed by atoms with van der Waals surface area (Å²) in [4.78, 5) is 7.74. The summed E-state index contributed by atoms with van der Waals surface area (Å²) in [6.07, 6.45) is 1.78. The minimum Gasteiger partial charge on any atom is -0.337 e. The Hall–Kier alpha value is -2.57. The molecule has 1 heterocycles. The summed E-state index contributed by atoms with van der Waals surface area (Å²) in [6.45, 7) is 4.11. The van der Waals surface area contributed by atoms with Crippen LogP contribution in [0.4, 0.5) is 0 Å². The Labute approximate surface area is 133 Å². The quantitative estimate of drug-likeness (QED) is 0.685. The predicted octanol–water partition coefficient (Wildman–Crippen LogP) is 4.90. The highest BCUT2D eigenvalue weighted by Gasteiger charge is 2.09. The molecule has 0 bridgehead atoms. The first-order valence-electron chi connectivity index (χ1n) is 6.91. The fourth-order valence-electron chi connectivity index (χ4n) is 2.31. The Morgan fingerprint density at radius 2 is 2.00 bits per heavy atom. The highest BCUT2D eigenvalue weighted by molar-refractivity contribution is 6.30. The molecule has 0 spiro atoms. The van der Waals surface area contributed by atoms with Crippen molar-refractivity contribution in [1.29, 1.82) is 5.26 Å². The molecule has 1 aromatic heterocycles. The topological polar surface area (TPSA) is 52.5 Å². The molecule has 2 aromatic carbocycles. The number of nitrogens with one attached hydrogen (secondary N) is 1. The van der Waals surface area contributed by atoms with Crippen molar-refractivity contribution in [2.24, 2.45) is 0 Å². The summed E-state index contributed by atoms with van der Waals surface area (Å²) in [6, 6.07) is 13.7. The summed E-state index contributed by atoms with van der Waals surface area (Å²) in [5.74, 6) is 0.572. The lowest BCUT2D eigenvalue weighted by Crippen LogP contribution is -1.84. The fourth-order valence-corrected chi connectivity index (χ4v) is 2.51. The largest absolute Gasteiger partial charge is 0.337 e. The van der Waals surface area contributed by atoms with E-state index >= 15 is 0 Å². The van der Waals surface area contributed by atoms with E-state index in [1.807, 2.05) is 24.3 Å². The van der Waals surface area contributed by atoms with Crippen molar-refractivity contribution in [3.8, 4) is 6.07 Å². The molecule has 22 heavy (non-hydrogen) atoms. The number of hydrogen-bond donors (Lipinski definition) is 1. The van der Waals surface area contributed by atoms with Gasteiger partial charge < -0.3 is 4.98 Å². The zero-order valence-corrected chi connectivity index (χ0v) is 13.1. The van der Waals surface area contributed by atoms with Gasteiger partial charge in [0.2, 0.25) is 0 Å². The van der Waals surface area contributed by atoms with E-state index in [1.165, 1.54) is 11.1 Å². The van der Waals surface area contributed by atoms with Crippen molar-refractivity contribution in [2.45, 2.75) is 13.8 Å². The van der Waals surface area contributed by atoms with Gasteiger partial charge >= 0.3 is 0 Å². The van der Waals surface area contributed by atoms with Crippen LogP contribution in [0.1, 0.15) is 22.5 Å². The van der Waals surface area contributed by atoms with E-state index in [0.29, 0.717) is 16.4 Å². The minimum atomic E-state index is 0.480. The van der Waals surface area contributed by atoms with Crippen LogP contribution in [0.2, 0.25) is 5.02 Å². The van der Waals surface area contributed by atoms with E-state index in [1.54, 1.807) is 12.1 Å². The first-order valence-corrected chi connectivity index (χ1v) is 7.29. The maximum absolute atomic E-state index is 9.43. The molecule has 0 saturated heterocycles. The summed E-state index contributed by atoms with van der Waals surface area (Å²) < 4.78 is 0. The van der Waals surface area contributed by atoms with Crippen molar-refractivity contribution in [2.75, 3.05) is 0 Å². The average Bonchev–Trinajstić information content (AvgIpc) is 2.88. The number of hydrogen-bond acceptors (Lipinski definition) is 2. The average molecular weight is 308 g/mol. The number of aromatic nitrogens is 2. The Kier molecular flexibility index (Phi) is 3.70. The van der Waals surface area contributed by atoms with Crippen LogP contribution in [0.15, 0.2) is 36.4 Å². The number of halogens is 1. The van der Waals surface area contributed by atoms with Crippen LogP contribution in [0, 0.1) is 25.2 Å². The zero-order chi connectivity index (χ0) is 15.7. The standard InChI is InChI=1S/C18H14ClN3/c1-11-6-16-17(7-12(11)2)22-18(21-16)14(10-20)8-13-4-3-5-15(19)9-13/h3-9H,1-2H3,(H,21,22). The molecule has 0 amide bonds. The maximum atomic E-state index is 9.43. The highest BCUT2D eigenvalue weighted by Crippen LogP contribution is 2.22. The highest BCUT2D eigenvalue weighted by atomic mass is 35.5. The van der Waals surface area contributed by atoms with Crippen LogP contribution in [-0.4, -0.2) is 9.97 Å². The summed E-state index contributed by atoms with van der Waals surface area (Å²) in [7, 11) is 0. The van der Waals surface area contributed by atoms with Crippen LogP contribution in [0.3, 0.4) is 0 Å². The molecule has 0 aliphatic heterocycles. The number of nitriles is 1. The number of aryl methyl sites for hydroxylation is 2. The van der Waals surface area contributed by atoms with Gasteiger partial charge in [0.15, 0.2) is 0 Å². The number of fused-ring (bicyclic) bond motifs is 1. The van der Waals surface area contributed by atoms with Gasteiger partial charge in [0, 0.05) is 5.02 Å². The monoisotopic (exact) mass is 307 g/mol. The Morgan fingerprint density at radius 3 is 2.73 bits per heavy atom. The van der Waals surface area contributed by atoms with E-state index in [2.05, 4.69) is 36.0 Å².